The zero-order valence-corrected chi connectivity index (χ0v) is 9.79. The van der Waals surface area contributed by atoms with Gasteiger partial charge < -0.3 is 9.84 Å². The average Bonchev–Trinajstić information content (AvgIpc) is 2.28. The minimum absolute atomic E-state index is 0.00217. The number of nitro benzene ring substituents is 1. The minimum atomic E-state index is -0.611. The fourth-order valence-electron chi connectivity index (χ4n) is 1.43. The molecular formula is C12H8ClNO4. The summed E-state index contributed by atoms with van der Waals surface area (Å²) in [4.78, 5) is 10.3. The third-order valence-electron chi connectivity index (χ3n) is 2.18. The van der Waals surface area contributed by atoms with E-state index in [-0.39, 0.29) is 22.2 Å². The highest BCUT2D eigenvalue weighted by Crippen LogP contribution is 2.37. The second-order valence-corrected chi connectivity index (χ2v) is 3.85. The summed E-state index contributed by atoms with van der Waals surface area (Å²) < 4.78 is 5.35. The van der Waals surface area contributed by atoms with Crippen molar-refractivity contribution in [3.05, 3.63) is 57.6 Å². The van der Waals surface area contributed by atoms with Crippen LogP contribution in [0.4, 0.5) is 5.69 Å². The molecule has 0 fully saturated rings. The second kappa shape index (κ2) is 4.93. The van der Waals surface area contributed by atoms with E-state index in [2.05, 4.69) is 0 Å². The fourth-order valence-corrected chi connectivity index (χ4v) is 1.66. The van der Waals surface area contributed by atoms with Crippen LogP contribution in [0.1, 0.15) is 0 Å². The van der Waals surface area contributed by atoms with E-state index in [9.17, 15) is 15.2 Å². The molecule has 0 saturated carbocycles. The lowest BCUT2D eigenvalue weighted by atomic mass is 10.3. The maximum atomic E-state index is 10.9. The minimum Gasteiger partial charge on any atom is -0.508 e. The molecule has 6 heteroatoms. The SMILES string of the molecule is O=[N+]([O-])c1c(Cl)cccc1Oc1cccc(O)c1. The van der Waals surface area contributed by atoms with Crippen LogP contribution < -0.4 is 4.74 Å². The maximum absolute atomic E-state index is 10.9. The monoisotopic (exact) mass is 265 g/mol. The van der Waals surface area contributed by atoms with Crippen LogP contribution in [-0.2, 0) is 0 Å². The van der Waals surface area contributed by atoms with E-state index in [0.29, 0.717) is 5.75 Å². The van der Waals surface area contributed by atoms with Gasteiger partial charge in [0.1, 0.15) is 16.5 Å². The smallest absolute Gasteiger partial charge is 0.329 e. The molecular weight excluding hydrogens is 258 g/mol. The Bertz CT molecular complexity index is 600. The summed E-state index contributed by atoms with van der Waals surface area (Å²) in [7, 11) is 0. The van der Waals surface area contributed by atoms with Gasteiger partial charge in [0.05, 0.1) is 4.92 Å². The van der Waals surface area contributed by atoms with E-state index in [1.807, 2.05) is 0 Å². The average molecular weight is 266 g/mol. The number of ether oxygens (including phenoxy) is 1. The van der Waals surface area contributed by atoms with Crippen molar-refractivity contribution in [3.8, 4) is 17.2 Å². The summed E-state index contributed by atoms with van der Waals surface area (Å²) in [5.41, 5.74) is -0.303. The van der Waals surface area contributed by atoms with E-state index < -0.39 is 4.92 Å². The number of phenolic OH excluding ortho intramolecular Hbond substituents is 1. The van der Waals surface area contributed by atoms with E-state index in [0.717, 1.165) is 0 Å². The fraction of sp³-hybridized carbons (Fsp3) is 0. The van der Waals surface area contributed by atoms with E-state index in [1.54, 1.807) is 18.2 Å². The van der Waals surface area contributed by atoms with E-state index in [1.165, 1.54) is 24.3 Å². The predicted octanol–water partition coefficient (Wildman–Crippen LogP) is 3.75. The summed E-state index contributed by atoms with van der Waals surface area (Å²) >= 11 is 5.75. The number of hydrogen-bond donors (Lipinski definition) is 1. The molecule has 2 rings (SSSR count). The van der Waals surface area contributed by atoms with Crippen molar-refractivity contribution in [1.29, 1.82) is 0 Å². The molecule has 0 heterocycles. The largest absolute Gasteiger partial charge is 0.508 e. The van der Waals surface area contributed by atoms with Crippen molar-refractivity contribution in [1.82, 2.24) is 0 Å². The third-order valence-corrected chi connectivity index (χ3v) is 2.48. The Kier molecular flexibility index (Phi) is 3.34. The molecule has 0 radical (unpaired) electrons. The molecule has 0 unspecified atom stereocenters. The van der Waals surface area contributed by atoms with Crippen molar-refractivity contribution in [2.75, 3.05) is 0 Å². The summed E-state index contributed by atoms with van der Waals surface area (Å²) in [6.45, 7) is 0. The van der Waals surface area contributed by atoms with Gasteiger partial charge in [-0.3, -0.25) is 10.1 Å². The standard InChI is InChI=1S/C12H8ClNO4/c13-10-5-2-6-11(12(10)14(16)17)18-9-4-1-3-8(15)7-9/h1-7,15H. The number of aromatic hydroxyl groups is 1. The number of halogens is 1. The van der Waals surface area contributed by atoms with Crippen LogP contribution in [0, 0.1) is 10.1 Å². The summed E-state index contributed by atoms with van der Waals surface area (Å²) in [6, 6.07) is 10.4. The Hall–Kier alpha value is -2.27. The molecule has 0 amide bonds. The van der Waals surface area contributed by atoms with E-state index in [4.69, 9.17) is 16.3 Å². The van der Waals surface area contributed by atoms with Crippen molar-refractivity contribution < 1.29 is 14.8 Å². The number of nitro groups is 1. The van der Waals surface area contributed by atoms with Crippen LogP contribution in [0.2, 0.25) is 5.02 Å². The highest BCUT2D eigenvalue weighted by Gasteiger charge is 2.20. The summed E-state index contributed by atoms with van der Waals surface area (Å²) in [5, 5.41) is 20.2. The molecule has 2 aromatic rings. The molecule has 0 aliphatic rings. The van der Waals surface area contributed by atoms with Crippen molar-refractivity contribution in [2.24, 2.45) is 0 Å². The third kappa shape index (κ3) is 2.52. The van der Waals surface area contributed by atoms with Gasteiger partial charge in [-0.2, -0.15) is 0 Å². The van der Waals surface area contributed by atoms with Gasteiger partial charge in [-0.1, -0.05) is 23.7 Å². The molecule has 0 saturated heterocycles. The van der Waals surface area contributed by atoms with Crippen LogP contribution >= 0.6 is 11.6 Å². The first-order chi connectivity index (χ1) is 8.58. The summed E-state index contributed by atoms with van der Waals surface area (Å²) in [6.07, 6.45) is 0. The van der Waals surface area contributed by atoms with Gasteiger partial charge in [0.2, 0.25) is 5.75 Å². The topological polar surface area (TPSA) is 72.6 Å². The van der Waals surface area contributed by atoms with Crippen LogP contribution in [-0.4, -0.2) is 10.0 Å². The molecule has 1 N–H and O–H groups in total. The van der Waals surface area contributed by atoms with Crippen molar-refractivity contribution >= 4 is 17.3 Å². The lowest BCUT2D eigenvalue weighted by Gasteiger charge is -2.07. The molecule has 0 aliphatic heterocycles. The first-order valence-electron chi connectivity index (χ1n) is 4.97. The zero-order valence-electron chi connectivity index (χ0n) is 9.04. The van der Waals surface area contributed by atoms with Gasteiger partial charge >= 0.3 is 5.69 Å². The Morgan fingerprint density at radius 1 is 1.22 bits per heavy atom. The normalized spacial score (nSPS) is 10.1. The van der Waals surface area contributed by atoms with Crippen molar-refractivity contribution in [2.45, 2.75) is 0 Å². The molecule has 2 aromatic carbocycles. The number of benzene rings is 2. The van der Waals surface area contributed by atoms with Gasteiger partial charge in [-0.25, -0.2) is 0 Å². The van der Waals surface area contributed by atoms with E-state index >= 15 is 0 Å². The van der Waals surface area contributed by atoms with Crippen LogP contribution in [0.15, 0.2) is 42.5 Å². The zero-order chi connectivity index (χ0) is 13.1. The van der Waals surface area contributed by atoms with Crippen LogP contribution in [0.5, 0.6) is 17.2 Å². The summed E-state index contributed by atoms with van der Waals surface area (Å²) in [5.74, 6) is 0.329. The quantitative estimate of drug-likeness (QED) is 0.678. The van der Waals surface area contributed by atoms with Crippen molar-refractivity contribution in [3.63, 3.8) is 0 Å². The second-order valence-electron chi connectivity index (χ2n) is 3.44. The van der Waals surface area contributed by atoms with Gasteiger partial charge in [0.25, 0.3) is 0 Å². The Labute approximate surface area is 107 Å². The molecule has 0 spiro atoms. The molecule has 0 atom stereocenters. The van der Waals surface area contributed by atoms with Crippen LogP contribution in [0.3, 0.4) is 0 Å². The molecule has 92 valence electrons. The molecule has 5 nitrogen and oxygen atoms in total. The van der Waals surface area contributed by atoms with Gasteiger partial charge in [0, 0.05) is 6.07 Å². The first kappa shape index (κ1) is 12.2. The number of hydrogen-bond acceptors (Lipinski definition) is 4. The Balaban J connectivity index is 2.40. The van der Waals surface area contributed by atoms with Gasteiger partial charge in [-0.05, 0) is 24.3 Å². The van der Waals surface area contributed by atoms with Gasteiger partial charge in [-0.15, -0.1) is 0 Å². The highest BCUT2D eigenvalue weighted by atomic mass is 35.5. The number of rotatable bonds is 3. The molecule has 0 aliphatic carbocycles. The molecule has 0 aromatic heterocycles. The van der Waals surface area contributed by atoms with Crippen LogP contribution in [0.25, 0.3) is 0 Å². The first-order valence-corrected chi connectivity index (χ1v) is 5.35. The molecule has 18 heavy (non-hydrogen) atoms. The highest BCUT2D eigenvalue weighted by molar-refractivity contribution is 6.32. The number of nitrogens with zero attached hydrogens (tertiary/aromatic N) is 1. The molecule has 0 bridgehead atoms. The number of phenols is 1. The predicted molar refractivity (Wildman–Crippen MR) is 66.3 cm³/mol. The lowest BCUT2D eigenvalue weighted by molar-refractivity contribution is -0.385. The Morgan fingerprint density at radius 3 is 2.61 bits per heavy atom. The maximum Gasteiger partial charge on any atom is 0.329 e. The Morgan fingerprint density at radius 2 is 1.94 bits per heavy atom. The van der Waals surface area contributed by atoms with Gasteiger partial charge in [0.15, 0.2) is 0 Å². The number of para-hydroxylation sites is 1. The lowest BCUT2D eigenvalue weighted by Crippen LogP contribution is -1.94.